The lowest BCUT2D eigenvalue weighted by molar-refractivity contribution is 0.324. The van der Waals surface area contributed by atoms with E-state index in [1.807, 2.05) is 12.1 Å². The summed E-state index contributed by atoms with van der Waals surface area (Å²) in [6.45, 7) is 3.04. The van der Waals surface area contributed by atoms with Gasteiger partial charge in [-0.15, -0.1) is 0 Å². The van der Waals surface area contributed by atoms with Gasteiger partial charge in [0.25, 0.3) is 0 Å². The maximum absolute atomic E-state index is 5.53. The van der Waals surface area contributed by atoms with E-state index in [0.717, 1.165) is 62.1 Å². The van der Waals surface area contributed by atoms with Gasteiger partial charge in [-0.3, -0.25) is 0 Å². The van der Waals surface area contributed by atoms with Crippen molar-refractivity contribution >= 4 is 0 Å². The largest absolute Gasteiger partial charge is 0.493 e. The van der Waals surface area contributed by atoms with E-state index in [4.69, 9.17) is 9.26 Å². The highest BCUT2D eigenvalue weighted by Gasteiger charge is 2.17. The molecule has 0 aliphatic carbocycles. The van der Waals surface area contributed by atoms with E-state index in [1.54, 1.807) is 0 Å². The lowest BCUT2D eigenvalue weighted by Gasteiger charge is -2.21. The summed E-state index contributed by atoms with van der Waals surface area (Å²) in [7, 11) is 0. The fourth-order valence-electron chi connectivity index (χ4n) is 3.30. The molecule has 0 bridgehead atoms. The van der Waals surface area contributed by atoms with E-state index in [-0.39, 0.29) is 0 Å². The topological polar surface area (TPSA) is 60.2 Å². The quantitative estimate of drug-likeness (QED) is 0.940. The normalized spacial score (nSPS) is 18.2. The molecule has 22 heavy (non-hydrogen) atoms. The van der Waals surface area contributed by atoms with E-state index in [1.165, 1.54) is 18.4 Å². The van der Waals surface area contributed by atoms with Crippen LogP contribution >= 0.6 is 0 Å². The number of benzene rings is 1. The van der Waals surface area contributed by atoms with Gasteiger partial charge in [0.05, 0.1) is 6.61 Å². The van der Waals surface area contributed by atoms with Crippen LogP contribution in [0.5, 0.6) is 5.75 Å². The molecule has 1 N–H and O–H groups in total. The highest BCUT2D eigenvalue weighted by Crippen LogP contribution is 2.29. The van der Waals surface area contributed by atoms with E-state index in [0.29, 0.717) is 5.82 Å². The number of piperidine rings is 1. The van der Waals surface area contributed by atoms with Crippen LogP contribution in [0, 0.1) is 5.92 Å². The van der Waals surface area contributed by atoms with Crippen molar-refractivity contribution in [3.05, 3.63) is 29.7 Å². The van der Waals surface area contributed by atoms with Crippen LogP contribution in [0.4, 0.5) is 0 Å². The van der Waals surface area contributed by atoms with Crippen molar-refractivity contribution in [2.45, 2.75) is 32.1 Å². The van der Waals surface area contributed by atoms with Crippen molar-refractivity contribution < 1.29 is 9.26 Å². The lowest BCUT2D eigenvalue weighted by atomic mass is 9.93. The van der Waals surface area contributed by atoms with Gasteiger partial charge in [-0.05, 0) is 62.0 Å². The summed E-state index contributed by atoms with van der Waals surface area (Å²) in [5.74, 6) is 3.22. The van der Waals surface area contributed by atoms with Crippen molar-refractivity contribution in [3.63, 3.8) is 0 Å². The van der Waals surface area contributed by atoms with Crippen LogP contribution in [0.1, 0.15) is 30.7 Å². The molecule has 5 heteroatoms. The number of ether oxygens (including phenoxy) is 1. The molecule has 3 heterocycles. The zero-order chi connectivity index (χ0) is 14.8. The molecule has 2 aromatic rings. The van der Waals surface area contributed by atoms with Gasteiger partial charge in [-0.1, -0.05) is 5.16 Å². The zero-order valence-electron chi connectivity index (χ0n) is 12.7. The Labute approximate surface area is 130 Å². The van der Waals surface area contributed by atoms with Crippen molar-refractivity contribution in [2.75, 3.05) is 19.7 Å². The number of fused-ring (bicyclic) bond motifs is 1. The first-order valence-corrected chi connectivity index (χ1v) is 8.18. The molecule has 0 atom stereocenters. The molecule has 1 aromatic heterocycles. The number of aryl methyl sites for hydroxylation is 1. The average Bonchev–Trinajstić information content (AvgIpc) is 3.22. The summed E-state index contributed by atoms with van der Waals surface area (Å²) in [4.78, 5) is 4.56. The predicted molar refractivity (Wildman–Crippen MR) is 82.8 cm³/mol. The molecule has 116 valence electrons. The molecule has 2 aliphatic rings. The van der Waals surface area contributed by atoms with Crippen molar-refractivity contribution in [2.24, 2.45) is 5.92 Å². The van der Waals surface area contributed by atoms with Crippen molar-refractivity contribution in [3.8, 4) is 17.1 Å². The lowest BCUT2D eigenvalue weighted by Crippen LogP contribution is -2.27. The zero-order valence-corrected chi connectivity index (χ0v) is 12.7. The molecule has 4 rings (SSSR count). The first kappa shape index (κ1) is 13.8. The van der Waals surface area contributed by atoms with Crippen LogP contribution in [-0.2, 0) is 12.8 Å². The Hall–Kier alpha value is -1.88. The molecular formula is C17H21N3O2. The first-order chi connectivity index (χ1) is 10.9. The molecule has 0 unspecified atom stereocenters. The van der Waals surface area contributed by atoms with E-state index in [9.17, 15) is 0 Å². The van der Waals surface area contributed by atoms with Crippen LogP contribution in [-0.4, -0.2) is 29.8 Å². The van der Waals surface area contributed by atoms with Gasteiger partial charge in [0.15, 0.2) is 0 Å². The Morgan fingerprint density at radius 3 is 3.05 bits per heavy atom. The van der Waals surface area contributed by atoms with Crippen molar-refractivity contribution in [1.29, 1.82) is 0 Å². The second-order valence-corrected chi connectivity index (χ2v) is 6.16. The summed E-state index contributed by atoms with van der Waals surface area (Å²) < 4.78 is 11.0. The molecule has 2 aliphatic heterocycles. The van der Waals surface area contributed by atoms with E-state index >= 15 is 0 Å². The predicted octanol–water partition coefficient (Wildman–Crippen LogP) is 2.60. The third kappa shape index (κ3) is 2.86. The van der Waals surface area contributed by atoms with Crippen LogP contribution in [0.15, 0.2) is 22.7 Å². The van der Waals surface area contributed by atoms with Crippen LogP contribution < -0.4 is 10.1 Å². The average molecular weight is 299 g/mol. The van der Waals surface area contributed by atoms with Gasteiger partial charge in [-0.25, -0.2) is 0 Å². The Morgan fingerprint density at radius 1 is 1.23 bits per heavy atom. The monoisotopic (exact) mass is 299 g/mol. The van der Waals surface area contributed by atoms with Crippen LogP contribution in [0.2, 0.25) is 0 Å². The standard InChI is InChI=1S/C17H21N3O2/c1(12-5-8-18-9-6-12)4-16-19-17(20-22-16)14-2-3-15-13(11-14)7-10-21-15/h2-3,11-12,18H,1,4-10H2. The minimum absolute atomic E-state index is 0.690. The fourth-order valence-corrected chi connectivity index (χ4v) is 3.30. The Morgan fingerprint density at radius 2 is 2.14 bits per heavy atom. The Balaban J connectivity index is 1.42. The van der Waals surface area contributed by atoms with Gasteiger partial charge in [0.1, 0.15) is 5.75 Å². The third-order valence-corrected chi connectivity index (χ3v) is 4.64. The number of nitrogens with one attached hydrogen (secondary N) is 1. The summed E-state index contributed by atoms with van der Waals surface area (Å²) in [5, 5.41) is 7.53. The maximum Gasteiger partial charge on any atom is 0.226 e. The van der Waals surface area contributed by atoms with Gasteiger partial charge >= 0.3 is 0 Å². The highest BCUT2D eigenvalue weighted by molar-refractivity contribution is 5.59. The summed E-state index contributed by atoms with van der Waals surface area (Å²) >= 11 is 0. The molecule has 0 spiro atoms. The number of rotatable bonds is 4. The van der Waals surface area contributed by atoms with E-state index < -0.39 is 0 Å². The van der Waals surface area contributed by atoms with Gasteiger partial charge < -0.3 is 14.6 Å². The van der Waals surface area contributed by atoms with Crippen molar-refractivity contribution in [1.82, 2.24) is 15.5 Å². The second kappa shape index (κ2) is 6.08. The van der Waals surface area contributed by atoms with Gasteiger partial charge in [-0.2, -0.15) is 4.98 Å². The summed E-state index contributed by atoms with van der Waals surface area (Å²) in [5.41, 5.74) is 2.25. The summed E-state index contributed by atoms with van der Waals surface area (Å²) in [6.07, 6.45) is 5.49. The minimum Gasteiger partial charge on any atom is -0.493 e. The third-order valence-electron chi connectivity index (χ3n) is 4.64. The smallest absolute Gasteiger partial charge is 0.226 e. The Bertz CT molecular complexity index is 647. The number of hydrogen-bond acceptors (Lipinski definition) is 5. The second-order valence-electron chi connectivity index (χ2n) is 6.16. The highest BCUT2D eigenvalue weighted by atomic mass is 16.5. The molecule has 1 aromatic carbocycles. The molecule has 1 saturated heterocycles. The Kier molecular flexibility index (Phi) is 3.81. The van der Waals surface area contributed by atoms with E-state index in [2.05, 4.69) is 21.5 Å². The van der Waals surface area contributed by atoms with Gasteiger partial charge in [0, 0.05) is 18.4 Å². The fraction of sp³-hybridized carbons (Fsp3) is 0.529. The molecule has 0 saturated carbocycles. The molecule has 0 amide bonds. The van der Waals surface area contributed by atoms with Crippen LogP contribution in [0.3, 0.4) is 0 Å². The molecule has 0 radical (unpaired) electrons. The number of nitrogens with zero attached hydrogens (tertiary/aromatic N) is 2. The summed E-state index contributed by atoms with van der Waals surface area (Å²) in [6, 6.07) is 6.12. The number of hydrogen-bond donors (Lipinski definition) is 1. The SMILES string of the molecule is c1cc2c(cc1-c1noc(CCC3CCNCC3)n1)CCO2. The van der Waals surface area contributed by atoms with Crippen LogP contribution in [0.25, 0.3) is 11.4 Å². The molecule has 1 fully saturated rings. The molecule has 5 nitrogen and oxygen atoms in total. The minimum atomic E-state index is 0.690. The van der Waals surface area contributed by atoms with Gasteiger partial charge in [0.2, 0.25) is 11.7 Å². The number of aromatic nitrogens is 2. The molecular weight excluding hydrogens is 278 g/mol. The first-order valence-electron chi connectivity index (χ1n) is 8.18. The maximum atomic E-state index is 5.53.